The summed E-state index contributed by atoms with van der Waals surface area (Å²) in [5, 5.41) is 9.49. The zero-order chi connectivity index (χ0) is 15.0. The second-order valence-electron chi connectivity index (χ2n) is 5.81. The van der Waals surface area contributed by atoms with Crippen molar-refractivity contribution in [3.05, 3.63) is 46.5 Å². The SMILES string of the molecule is Clc1ccccc1Cc1nnc2n1CCC1(CC2)OCCO1. The van der Waals surface area contributed by atoms with Gasteiger partial charge in [0.05, 0.1) is 13.2 Å². The van der Waals surface area contributed by atoms with Crippen molar-refractivity contribution < 1.29 is 9.47 Å². The molecule has 5 nitrogen and oxygen atoms in total. The molecule has 1 aromatic carbocycles. The normalized spacial score (nSPS) is 20.0. The van der Waals surface area contributed by atoms with Crippen molar-refractivity contribution in [3.8, 4) is 0 Å². The molecule has 116 valence electrons. The minimum atomic E-state index is -0.414. The minimum Gasteiger partial charge on any atom is -0.347 e. The van der Waals surface area contributed by atoms with Gasteiger partial charge in [-0.2, -0.15) is 0 Å². The number of halogens is 1. The molecule has 4 rings (SSSR count). The number of nitrogens with zero attached hydrogens (tertiary/aromatic N) is 3. The molecule has 22 heavy (non-hydrogen) atoms. The molecular weight excluding hydrogens is 302 g/mol. The van der Waals surface area contributed by atoms with Crippen LogP contribution in [0.15, 0.2) is 24.3 Å². The lowest BCUT2D eigenvalue weighted by molar-refractivity contribution is -0.165. The van der Waals surface area contributed by atoms with Gasteiger partial charge in [-0.05, 0) is 11.6 Å². The number of hydrogen-bond acceptors (Lipinski definition) is 4. The molecule has 2 aromatic rings. The van der Waals surface area contributed by atoms with Gasteiger partial charge in [-0.1, -0.05) is 29.8 Å². The Bertz CT molecular complexity index is 680. The average molecular weight is 320 g/mol. The molecule has 2 aliphatic heterocycles. The Hall–Kier alpha value is -1.43. The highest BCUT2D eigenvalue weighted by Crippen LogP contribution is 2.32. The molecule has 6 heteroatoms. The number of benzene rings is 1. The van der Waals surface area contributed by atoms with Gasteiger partial charge in [0.25, 0.3) is 0 Å². The maximum absolute atomic E-state index is 6.26. The summed E-state index contributed by atoms with van der Waals surface area (Å²) >= 11 is 6.26. The van der Waals surface area contributed by atoms with E-state index in [2.05, 4.69) is 14.8 Å². The van der Waals surface area contributed by atoms with E-state index < -0.39 is 5.79 Å². The third-order valence-corrected chi connectivity index (χ3v) is 4.84. The van der Waals surface area contributed by atoms with Gasteiger partial charge < -0.3 is 14.0 Å². The molecule has 1 aromatic heterocycles. The Labute approximate surface area is 134 Å². The van der Waals surface area contributed by atoms with Crippen LogP contribution in [-0.2, 0) is 28.9 Å². The monoisotopic (exact) mass is 319 g/mol. The van der Waals surface area contributed by atoms with Crippen LogP contribution < -0.4 is 0 Å². The summed E-state index contributed by atoms with van der Waals surface area (Å²) in [5.41, 5.74) is 1.08. The van der Waals surface area contributed by atoms with Gasteiger partial charge in [0.1, 0.15) is 11.6 Å². The summed E-state index contributed by atoms with van der Waals surface area (Å²) < 4.78 is 13.9. The van der Waals surface area contributed by atoms with Crippen molar-refractivity contribution in [1.29, 1.82) is 0 Å². The number of ether oxygens (including phenoxy) is 2. The molecule has 0 bridgehead atoms. The van der Waals surface area contributed by atoms with E-state index in [9.17, 15) is 0 Å². The summed E-state index contributed by atoms with van der Waals surface area (Å²) in [6.45, 7) is 2.20. The second kappa shape index (κ2) is 5.65. The summed E-state index contributed by atoms with van der Waals surface area (Å²) in [5.74, 6) is 1.55. The van der Waals surface area contributed by atoms with Gasteiger partial charge in [0.15, 0.2) is 5.79 Å². The van der Waals surface area contributed by atoms with Crippen molar-refractivity contribution in [2.75, 3.05) is 13.2 Å². The fourth-order valence-electron chi connectivity index (χ4n) is 3.25. The lowest BCUT2D eigenvalue weighted by Gasteiger charge is -2.25. The lowest BCUT2D eigenvalue weighted by Crippen LogP contribution is -2.30. The van der Waals surface area contributed by atoms with Crippen LogP contribution in [0.3, 0.4) is 0 Å². The van der Waals surface area contributed by atoms with Gasteiger partial charge >= 0.3 is 0 Å². The smallest absolute Gasteiger partial charge is 0.170 e. The number of hydrogen-bond donors (Lipinski definition) is 0. The van der Waals surface area contributed by atoms with E-state index in [0.717, 1.165) is 48.0 Å². The lowest BCUT2D eigenvalue weighted by atomic mass is 10.1. The standard InChI is InChI=1S/C16H18ClN3O2/c17-13-4-2-1-3-12(13)11-15-19-18-14-5-6-16(7-8-20(14)15)21-9-10-22-16/h1-4H,5-11H2. The number of aromatic nitrogens is 3. The molecular formula is C16H18ClN3O2. The van der Waals surface area contributed by atoms with Crippen LogP contribution in [0.4, 0.5) is 0 Å². The predicted octanol–water partition coefficient (Wildman–Crippen LogP) is 2.60. The molecule has 2 aliphatic rings. The van der Waals surface area contributed by atoms with Crippen molar-refractivity contribution in [2.45, 2.75) is 38.0 Å². The highest BCUT2D eigenvalue weighted by molar-refractivity contribution is 6.31. The van der Waals surface area contributed by atoms with Crippen molar-refractivity contribution >= 4 is 11.6 Å². The van der Waals surface area contributed by atoms with Crippen LogP contribution >= 0.6 is 11.6 Å². The first-order valence-corrected chi connectivity index (χ1v) is 8.06. The van der Waals surface area contributed by atoms with Crippen LogP contribution in [-0.4, -0.2) is 33.8 Å². The van der Waals surface area contributed by atoms with E-state index in [-0.39, 0.29) is 0 Å². The van der Waals surface area contributed by atoms with E-state index in [1.807, 2.05) is 24.3 Å². The highest BCUT2D eigenvalue weighted by Gasteiger charge is 2.38. The Morgan fingerprint density at radius 1 is 1.14 bits per heavy atom. The van der Waals surface area contributed by atoms with Crippen LogP contribution in [0.25, 0.3) is 0 Å². The quantitative estimate of drug-likeness (QED) is 0.853. The summed E-state index contributed by atoms with van der Waals surface area (Å²) in [4.78, 5) is 0. The molecule has 0 radical (unpaired) electrons. The fourth-order valence-corrected chi connectivity index (χ4v) is 3.46. The number of rotatable bonds is 2. The molecule has 0 aliphatic carbocycles. The molecule has 0 N–H and O–H groups in total. The highest BCUT2D eigenvalue weighted by atomic mass is 35.5. The molecule has 3 heterocycles. The van der Waals surface area contributed by atoms with Crippen LogP contribution in [0.5, 0.6) is 0 Å². The van der Waals surface area contributed by atoms with Crippen molar-refractivity contribution in [3.63, 3.8) is 0 Å². The molecule has 0 amide bonds. The number of aryl methyl sites for hydroxylation is 1. The van der Waals surface area contributed by atoms with Gasteiger partial charge in [-0.3, -0.25) is 0 Å². The molecule has 0 unspecified atom stereocenters. The third kappa shape index (κ3) is 2.53. The van der Waals surface area contributed by atoms with Crippen LogP contribution in [0, 0.1) is 0 Å². The van der Waals surface area contributed by atoms with E-state index in [4.69, 9.17) is 21.1 Å². The Balaban J connectivity index is 1.58. The van der Waals surface area contributed by atoms with Crippen LogP contribution in [0.2, 0.25) is 5.02 Å². The van der Waals surface area contributed by atoms with E-state index >= 15 is 0 Å². The maximum atomic E-state index is 6.26. The number of fused-ring (bicyclic) bond motifs is 1. The van der Waals surface area contributed by atoms with Crippen LogP contribution in [0.1, 0.15) is 30.1 Å². The van der Waals surface area contributed by atoms with Gasteiger partial charge in [-0.15, -0.1) is 10.2 Å². The largest absolute Gasteiger partial charge is 0.347 e. The average Bonchev–Trinajstić information content (AvgIpc) is 3.08. The zero-order valence-electron chi connectivity index (χ0n) is 12.3. The Morgan fingerprint density at radius 3 is 2.77 bits per heavy atom. The zero-order valence-corrected chi connectivity index (χ0v) is 13.1. The fraction of sp³-hybridized carbons (Fsp3) is 0.500. The Morgan fingerprint density at radius 2 is 1.95 bits per heavy atom. The van der Waals surface area contributed by atoms with Gasteiger partial charge in [-0.25, -0.2) is 0 Å². The van der Waals surface area contributed by atoms with E-state index in [0.29, 0.717) is 19.6 Å². The van der Waals surface area contributed by atoms with E-state index in [1.54, 1.807) is 0 Å². The second-order valence-corrected chi connectivity index (χ2v) is 6.22. The molecule has 1 saturated heterocycles. The summed E-state index contributed by atoms with van der Waals surface area (Å²) in [6, 6.07) is 7.88. The predicted molar refractivity (Wildman–Crippen MR) is 81.9 cm³/mol. The molecule has 0 atom stereocenters. The molecule has 1 spiro atoms. The first-order chi connectivity index (χ1) is 10.8. The maximum Gasteiger partial charge on any atom is 0.170 e. The van der Waals surface area contributed by atoms with Crippen molar-refractivity contribution in [1.82, 2.24) is 14.8 Å². The molecule has 1 fully saturated rings. The van der Waals surface area contributed by atoms with Crippen molar-refractivity contribution in [2.24, 2.45) is 0 Å². The first kappa shape index (κ1) is 14.2. The van der Waals surface area contributed by atoms with E-state index in [1.165, 1.54) is 0 Å². The third-order valence-electron chi connectivity index (χ3n) is 4.47. The summed E-state index contributed by atoms with van der Waals surface area (Å²) in [7, 11) is 0. The molecule has 0 saturated carbocycles. The first-order valence-electron chi connectivity index (χ1n) is 7.68. The topological polar surface area (TPSA) is 49.2 Å². The van der Waals surface area contributed by atoms with Gasteiger partial charge in [0, 0.05) is 37.3 Å². The van der Waals surface area contributed by atoms with Gasteiger partial charge in [0.2, 0.25) is 0 Å². The Kier molecular flexibility index (Phi) is 3.64. The minimum absolute atomic E-state index is 0.414. The summed E-state index contributed by atoms with van der Waals surface area (Å²) in [6.07, 6.45) is 3.21.